The second kappa shape index (κ2) is 5.45. The van der Waals surface area contributed by atoms with Gasteiger partial charge < -0.3 is 10.7 Å². The van der Waals surface area contributed by atoms with Gasteiger partial charge in [0.15, 0.2) is 0 Å². The number of aromatic nitrogens is 2. The summed E-state index contributed by atoms with van der Waals surface area (Å²) in [6, 6.07) is 4.35. The van der Waals surface area contributed by atoms with Gasteiger partial charge in [0.1, 0.15) is 12.1 Å². The van der Waals surface area contributed by atoms with Gasteiger partial charge in [-0.2, -0.15) is 0 Å². The summed E-state index contributed by atoms with van der Waals surface area (Å²) < 4.78 is 13.7. The fourth-order valence-corrected chi connectivity index (χ4v) is 1.61. The lowest BCUT2D eigenvalue weighted by atomic mass is 10.2. The molecule has 0 aliphatic rings. The molecule has 2 rings (SSSR count). The Morgan fingerprint density at radius 1 is 1.35 bits per heavy atom. The molecule has 1 heterocycles. The molecule has 0 fully saturated rings. The highest BCUT2D eigenvalue weighted by Crippen LogP contribution is 2.31. The maximum atomic E-state index is 13.7. The van der Waals surface area contributed by atoms with Crippen molar-refractivity contribution in [3.63, 3.8) is 0 Å². The van der Waals surface area contributed by atoms with E-state index in [1.807, 2.05) is 0 Å². The van der Waals surface area contributed by atoms with Gasteiger partial charge in [-0.1, -0.05) is 6.07 Å². The van der Waals surface area contributed by atoms with E-state index in [0.29, 0.717) is 0 Å². The molecule has 4 N–H and O–H groups in total. The van der Waals surface area contributed by atoms with E-state index >= 15 is 0 Å². The third-order valence-corrected chi connectivity index (χ3v) is 2.52. The van der Waals surface area contributed by atoms with Crippen molar-refractivity contribution < 1.29 is 9.31 Å². The molecular weight excluding hydrogens is 267 g/mol. The van der Waals surface area contributed by atoms with Crippen molar-refractivity contribution in [3.05, 3.63) is 46.0 Å². The number of nitrogens with two attached hydrogens (primary N) is 1. The standard InChI is InChI=1S/C11H11FN6O2/c1-6-2-3-7(12)8(4-6)16-10-9(18(19)20)11(17-13)15-5-14-10/h2-5H,13H2,1H3,(H2,14,15,16,17). The van der Waals surface area contributed by atoms with Gasteiger partial charge in [-0.15, -0.1) is 0 Å². The van der Waals surface area contributed by atoms with Crippen LogP contribution in [0.3, 0.4) is 0 Å². The van der Waals surface area contributed by atoms with E-state index in [9.17, 15) is 14.5 Å². The average molecular weight is 278 g/mol. The summed E-state index contributed by atoms with van der Waals surface area (Å²) >= 11 is 0. The number of aryl methyl sites for hydroxylation is 1. The topological polar surface area (TPSA) is 119 Å². The van der Waals surface area contributed by atoms with Crippen molar-refractivity contribution in [2.75, 3.05) is 10.7 Å². The van der Waals surface area contributed by atoms with Crippen molar-refractivity contribution in [1.29, 1.82) is 0 Å². The zero-order chi connectivity index (χ0) is 14.7. The van der Waals surface area contributed by atoms with Crippen molar-refractivity contribution >= 4 is 23.0 Å². The van der Waals surface area contributed by atoms with Crippen molar-refractivity contribution in [2.45, 2.75) is 6.92 Å². The minimum Gasteiger partial charge on any atom is -0.332 e. The minimum atomic E-state index is -0.703. The van der Waals surface area contributed by atoms with Gasteiger partial charge in [-0.25, -0.2) is 20.2 Å². The predicted molar refractivity (Wildman–Crippen MR) is 70.9 cm³/mol. The fraction of sp³-hybridized carbons (Fsp3) is 0.0909. The molecule has 1 aromatic carbocycles. The first-order valence-electron chi connectivity index (χ1n) is 5.52. The summed E-state index contributed by atoms with van der Waals surface area (Å²) in [5, 5.41) is 13.6. The lowest BCUT2D eigenvalue weighted by Gasteiger charge is -2.09. The number of hydrogen-bond acceptors (Lipinski definition) is 7. The number of nitrogen functional groups attached to an aromatic ring is 1. The van der Waals surface area contributed by atoms with Crippen LogP contribution >= 0.6 is 0 Å². The number of hydrogen-bond donors (Lipinski definition) is 3. The van der Waals surface area contributed by atoms with Crippen molar-refractivity contribution in [3.8, 4) is 0 Å². The fourth-order valence-electron chi connectivity index (χ4n) is 1.61. The molecule has 104 valence electrons. The molecule has 8 nitrogen and oxygen atoms in total. The zero-order valence-corrected chi connectivity index (χ0v) is 10.4. The number of nitrogens with zero attached hydrogens (tertiary/aromatic N) is 3. The lowest BCUT2D eigenvalue weighted by molar-refractivity contribution is -0.383. The Hall–Kier alpha value is -2.81. The molecule has 0 atom stereocenters. The average Bonchev–Trinajstić information content (AvgIpc) is 2.42. The Morgan fingerprint density at radius 2 is 2.05 bits per heavy atom. The van der Waals surface area contributed by atoms with E-state index < -0.39 is 16.4 Å². The molecule has 0 aliphatic heterocycles. The molecule has 2 aromatic rings. The molecule has 0 amide bonds. The number of benzene rings is 1. The van der Waals surface area contributed by atoms with Crippen LogP contribution in [0.15, 0.2) is 24.5 Å². The minimum absolute atomic E-state index is 0.0785. The van der Waals surface area contributed by atoms with Gasteiger partial charge in [0.05, 0.1) is 10.6 Å². The van der Waals surface area contributed by atoms with Crippen LogP contribution in [-0.2, 0) is 0 Å². The van der Waals surface area contributed by atoms with Crippen LogP contribution in [0.1, 0.15) is 5.56 Å². The number of nitro groups is 1. The molecule has 0 radical (unpaired) electrons. The smallest absolute Gasteiger partial charge is 0.332 e. The first kappa shape index (κ1) is 13.6. The monoisotopic (exact) mass is 278 g/mol. The Labute approximate surface area is 113 Å². The molecule has 0 saturated carbocycles. The van der Waals surface area contributed by atoms with Gasteiger partial charge in [-0.05, 0) is 24.6 Å². The summed E-state index contributed by atoms with van der Waals surface area (Å²) in [5.41, 5.74) is 2.51. The maximum Gasteiger partial charge on any atom is 0.354 e. The summed E-state index contributed by atoms with van der Waals surface area (Å²) in [6.07, 6.45) is 1.08. The van der Waals surface area contributed by atoms with Crippen LogP contribution < -0.4 is 16.6 Å². The first-order chi connectivity index (χ1) is 9.52. The van der Waals surface area contributed by atoms with Gasteiger partial charge in [-0.3, -0.25) is 10.1 Å². The number of nitrogens with one attached hydrogen (secondary N) is 2. The largest absolute Gasteiger partial charge is 0.354 e. The van der Waals surface area contributed by atoms with Crippen molar-refractivity contribution in [1.82, 2.24) is 9.97 Å². The van der Waals surface area contributed by atoms with Crippen LogP contribution in [0.2, 0.25) is 0 Å². The molecule has 0 aliphatic carbocycles. The molecule has 9 heteroatoms. The third-order valence-electron chi connectivity index (χ3n) is 2.52. The highest BCUT2D eigenvalue weighted by molar-refractivity contribution is 5.73. The van der Waals surface area contributed by atoms with E-state index in [1.54, 1.807) is 13.0 Å². The van der Waals surface area contributed by atoms with Crippen LogP contribution in [0.25, 0.3) is 0 Å². The SMILES string of the molecule is Cc1ccc(F)c(Nc2ncnc(NN)c2[N+](=O)[O-])c1. The number of halogens is 1. The molecule has 0 bridgehead atoms. The summed E-state index contributed by atoms with van der Waals surface area (Å²) in [6.45, 7) is 1.77. The number of hydrazine groups is 1. The van der Waals surface area contributed by atoms with Gasteiger partial charge in [0, 0.05) is 0 Å². The zero-order valence-electron chi connectivity index (χ0n) is 10.4. The highest BCUT2D eigenvalue weighted by Gasteiger charge is 2.23. The van der Waals surface area contributed by atoms with E-state index in [2.05, 4.69) is 20.7 Å². The molecule has 0 spiro atoms. The quantitative estimate of drug-likeness (QED) is 0.443. The van der Waals surface area contributed by atoms with Crippen molar-refractivity contribution in [2.24, 2.45) is 5.84 Å². The lowest BCUT2D eigenvalue weighted by Crippen LogP contribution is -2.13. The van der Waals surface area contributed by atoms with Crippen LogP contribution in [0.5, 0.6) is 0 Å². The van der Waals surface area contributed by atoms with E-state index in [1.165, 1.54) is 12.1 Å². The maximum absolute atomic E-state index is 13.7. The Bertz CT molecular complexity index is 663. The van der Waals surface area contributed by atoms with E-state index in [4.69, 9.17) is 5.84 Å². The van der Waals surface area contributed by atoms with Crippen LogP contribution in [0.4, 0.5) is 27.4 Å². The molecule has 0 saturated heterocycles. The van der Waals surface area contributed by atoms with E-state index in [-0.39, 0.29) is 17.3 Å². The van der Waals surface area contributed by atoms with Gasteiger partial charge in [0.2, 0.25) is 11.6 Å². The Balaban J connectivity index is 2.48. The first-order valence-corrected chi connectivity index (χ1v) is 5.52. The second-order valence-electron chi connectivity index (χ2n) is 3.93. The van der Waals surface area contributed by atoms with Gasteiger partial charge >= 0.3 is 5.69 Å². The van der Waals surface area contributed by atoms with Gasteiger partial charge in [0.25, 0.3) is 0 Å². The normalized spacial score (nSPS) is 10.2. The predicted octanol–water partition coefficient (Wildman–Crippen LogP) is 1.86. The van der Waals surface area contributed by atoms with E-state index in [0.717, 1.165) is 11.9 Å². The van der Waals surface area contributed by atoms with Crippen LogP contribution in [-0.4, -0.2) is 14.9 Å². The number of rotatable bonds is 4. The Morgan fingerprint density at radius 3 is 2.70 bits per heavy atom. The Kier molecular flexibility index (Phi) is 3.71. The summed E-state index contributed by atoms with van der Waals surface area (Å²) in [4.78, 5) is 17.7. The molecule has 0 unspecified atom stereocenters. The van der Waals surface area contributed by atoms with Crippen LogP contribution in [0, 0.1) is 22.9 Å². The highest BCUT2D eigenvalue weighted by atomic mass is 19.1. The summed E-state index contributed by atoms with van der Waals surface area (Å²) in [7, 11) is 0. The molecule has 20 heavy (non-hydrogen) atoms. The molecular formula is C11H11FN6O2. The summed E-state index contributed by atoms with van der Waals surface area (Å²) in [5.74, 6) is 4.29. The third kappa shape index (κ3) is 2.62. The number of anilines is 3. The molecule has 1 aromatic heterocycles. The second-order valence-corrected chi connectivity index (χ2v) is 3.93.